The molecule has 0 radical (unpaired) electrons. The lowest BCUT2D eigenvalue weighted by Crippen LogP contribution is -2.13. The molecule has 0 saturated heterocycles. The summed E-state index contributed by atoms with van der Waals surface area (Å²) in [5, 5.41) is 8.28. The van der Waals surface area contributed by atoms with Gasteiger partial charge in [-0.15, -0.1) is 10.2 Å². The zero-order chi connectivity index (χ0) is 16.1. The summed E-state index contributed by atoms with van der Waals surface area (Å²) >= 11 is 1.17. The minimum Gasteiger partial charge on any atom is -0.462 e. The van der Waals surface area contributed by atoms with Crippen LogP contribution in [0.5, 0.6) is 0 Å². The molecule has 7 heteroatoms. The molecule has 0 saturated carbocycles. The van der Waals surface area contributed by atoms with Gasteiger partial charge in [-0.2, -0.15) is 0 Å². The standard InChI is InChI=1S/C15H19N3O3S/c1-10(2)20-13(19)9-22-15-17-16-14(21-15)11-5-7-12(8-6-11)18(3)4/h5-8,10H,9H2,1-4H3. The molecule has 1 aromatic carbocycles. The Kier molecular flexibility index (Phi) is 5.43. The fourth-order valence-electron chi connectivity index (χ4n) is 1.70. The molecule has 6 nitrogen and oxygen atoms in total. The van der Waals surface area contributed by atoms with E-state index in [2.05, 4.69) is 10.2 Å². The Morgan fingerprint density at radius 3 is 2.55 bits per heavy atom. The Morgan fingerprint density at radius 2 is 1.95 bits per heavy atom. The number of ether oxygens (including phenoxy) is 1. The topological polar surface area (TPSA) is 68.5 Å². The van der Waals surface area contributed by atoms with Crippen molar-refractivity contribution < 1.29 is 13.9 Å². The van der Waals surface area contributed by atoms with Crippen molar-refractivity contribution in [1.29, 1.82) is 0 Å². The quantitative estimate of drug-likeness (QED) is 0.598. The molecule has 2 rings (SSSR count). The molecule has 118 valence electrons. The van der Waals surface area contributed by atoms with E-state index in [1.165, 1.54) is 11.8 Å². The van der Waals surface area contributed by atoms with Gasteiger partial charge in [0.15, 0.2) is 0 Å². The van der Waals surface area contributed by atoms with Crippen LogP contribution < -0.4 is 4.90 Å². The second kappa shape index (κ2) is 7.31. The van der Waals surface area contributed by atoms with Crippen LogP contribution in [0, 0.1) is 0 Å². The zero-order valence-corrected chi connectivity index (χ0v) is 13.9. The van der Waals surface area contributed by atoms with Gasteiger partial charge in [0.1, 0.15) is 5.75 Å². The smallest absolute Gasteiger partial charge is 0.316 e. The molecule has 22 heavy (non-hydrogen) atoms. The SMILES string of the molecule is CC(C)OC(=O)CSc1nnc(-c2ccc(N(C)C)cc2)o1. The van der Waals surface area contributed by atoms with E-state index in [4.69, 9.17) is 9.15 Å². The maximum absolute atomic E-state index is 11.5. The van der Waals surface area contributed by atoms with Gasteiger partial charge in [0.05, 0.1) is 6.10 Å². The second-order valence-corrected chi connectivity index (χ2v) is 6.07. The number of hydrogen-bond acceptors (Lipinski definition) is 7. The van der Waals surface area contributed by atoms with Crippen molar-refractivity contribution in [3.05, 3.63) is 24.3 Å². The lowest BCUT2D eigenvalue weighted by atomic mass is 10.2. The van der Waals surface area contributed by atoms with Gasteiger partial charge in [0.2, 0.25) is 5.89 Å². The molecule has 0 bridgehead atoms. The van der Waals surface area contributed by atoms with Crippen molar-refractivity contribution in [2.75, 3.05) is 24.7 Å². The minimum atomic E-state index is -0.296. The normalized spacial score (nSPS) is 10.8. The summed E-state index contributed by atoms with van der Waals surface area (Å²) in [5.74, 6) is 0.291. The molecule has 0 amide bonds. The highest BCUT2D eigenvalue weighted by atomic mass is 32.2. The number of hydrogen-bond donors (Lipinski definition) is 0. The van der Waals surface area contributed by atoms with Crippen LogP contribution in [0.25, 0.3) is 11.5 Å². The molecule has 0 aliphatic carbocycles. The Bertz CT molecular complexity index is 623. The van der Waals surface area contributed by atoms with Gasteiger partial charge >= 0.3 is 5.97 Å². The summed E-state index contributed by atoms with van der Waals surface area (Å²) in [4.78, 5) is 13.5. The maximum atomic E-state index is 11.5. The Labute approximate surface area is 133 Å². The predicted molar refractivity (Wildman–Crippen MR) is 86.0 cm³/mol. The molecule has 0 aliphatic rings. The molecule has 1 aromatic heterocycles. The number of benzene rings is 1. The molecule has 0 atom stereocenters. The van der Waals surface area contributed by atoms with Gasteiger partial charge in [-0.1, -0.05) is 11.8 Å². The lowest BCUT2D eigenvalue weighted by molar-refractivity contribution is -0.144. The second-order valence-electron chi connectivity index (χ2n) is 5.14. The molecular weight excluding hydrogens is 302 g/mol. The number of carbonyl (C=O) groups excluding carboxylic acids is 1. The summed E-state index contributed by atoms with van der Waals surface area (Å²) in [5.41, 5.74) is 1.93. The van der Waals surface area contributed by atoms with Crippen molar-refractivity contribution in [3.8, 4) is 11.5 Å². The predicted octanol–water partition coefficient (Wildman–Crippen LogP) is 2.85. The van der Waals surface area contributed by atoms with Crippen LogP contribution >= 0.6 is 11.8 Å². The average Bonchev–Trinajstić information content (AvgIpc) is 2.93. The third kappa shape index (κ3) is 4.49. The monoisotopic (exact) mass is 321 g/mol. The van der Waals surface area contributed by atoms with Crippen LogP contribution in [-0.4, -0.2) is 42.1 Å². The fourth-order valence-corrected chi connectivity index (χ4v) is 2.25. The Morgan fingerprint density at radius 1 is 1.27 bits per heavy atom. The molecular formula is C15H19N3O3S. The van der Waals surface area contributed by atoms with Gasteiger partial charge in [-0.05, 0) is 38.1 Å². The van der Waals surface area contributed by atoms with Gasteiger partial charge in [-0.3, -0.25) is 4.79 Å². The number of anilines is 1. The first-order chi connectivity index (χ1) is 10.5. The number of thioether (sulfide) groups is 1. The summed E-state index contributed by atoms with van der Waals surface area (Å²) in [6.45, 7) is 3.62. The van der Waals surface area contributed by atoms with Gasteiger partial charge in [0, 0.05) is 25.3 Å². The summed E-state index contributed by atoms with van der Waals surface area (Å²) in [6, 6.07) is 7.80. The third-order valence-corrected chi connectivity index (χ3v) is 3.51. The maximum Gasteiger partial charge on any atom is 0.316 e. The van der Waals surface area contributed by atoms with E-state index in [-0.39, 0.29) is 17.8 Å². The summed E-state index contributed by atoms with van der Waals surface area (Å²) in [6.07, 6.45) is -0.124. The number of nitrogens with zero attached hydrogens (tertiary/aromatic N) is 3. The van der Waals surface area contributed by atoms with Crippen LogP contribution in [0.3, 0.4) is 0 Å². The van der Waals surface area contributed by atoms with Gasteiger partial charge < -0.3 is 14.1 Å². The fraction of sp³-hybridized carbons (Fsp3) is 0.400. The van der Waals surface area contributed by atoms with Crippen molar-refractivity contribution in [1.82, 2.24) is 10.2 Å². The van der Waals surface area contributed by atoms with Gasteiger partial charge in [0.25, 0.3) is 5.22 Å². The van der Waals surface area contributed by atoms with Crippen LogP contribution in [-0.2, 0) is 9.53 Å². The minimum absolute atomic E-state index is 0.124. The highest BCUT2D eigenvalue weighted by molar-refractivity contribution is 7.99. The van der Waals surface area contributed by atoms with Crippen molar-refractivity contribution in [2.24, 2.45) is 0 Å². The summed E-state index contributed by atoms with van der Waals surface area (Å²) in [7, 11) is 3.96. The zero-order valence-electron chi connectivity index (χ0n) is 13.1. The molecule has 1 heterocycles. The first-order valence-electron chi connectivity index (χ1n) is 6.89. The molecule has 0 unspecified atom stereocenters. The van der Waals surface area contributed by atoms with Crippen LogP contribution in [0.1, 0.15) is 13.8 Å². The number of rotatable bonds is 6. The Balaban J connectivity index is 1.97. The molecule has 0 aliphatic heterocycles. The van der Waals surface area contributed by atoms with Crippen LogP contribution in [0.4, 0.5) is 5.69 Å². The van der Waals surface area contributed by atoms with E-state index >= 15 is 0 Å². The average molecular weight is 321 g/mol. The molecule has 0 fully saturated rings. The van der Waals surface area contributed by atoms with Crippen LogP contribution in [0.15, 0.2) is 33.9 Å². The number of esters is 1. The van der Waals surface area contributed by atoms with E-state index in [0.717, 1.165) is 11.3 Å². The Hall–Kier alpha value is -2.02. The lowest BCUT2D eigenvalue weighted by Gasteiger charge is -2.11. The summed E-state index contributed by atoms with van der Waals surface area (Å²) < 4.78 is 10.6. The molecule has 2 aromatic rings. The van der Waals surface area contributed by atoms with Crippen molar-refractivity contribution in [3.63, 3.8) is 0 Å². The van der Waals surface area contributed by atoms with E-state index < -0.39 is 0 Å². The van der Waals surface area contributed by atoms with E-state index in [1.54, 1.807) is 0 Å². The third-order valence-electron chi connectivity index (χ3n) is 2.72. The number of aromatic nitrogens is 2. The first kappa shape index (κ1) is 16.4. The highest BCUT2D eigenvalue weighted by Crippen LogP contribution is 2.24. The number of carbonyl (C=O) groups is 1. The van der Waals surface area contributed by atoms with Gasteiger partial charge in [-0.25, -0.2) is 0 Å². The highest BCUT2D eigenvalue weighted by Gasteiger charge is 2.12. The van der Waals surface area contributed by atoms with Crippen molar-refractivity contribution in [2.45, 2.75) is 25.2 Å². The van der Waals surface area contributed by atoms with E-state index in [1.807, 2.05) is 57.1 Å². The van der Waals surface area contributed by atoms with Crippen LogP contribution in [0.2, 0.25) is 0 Å². The molecule has 0 N–H and O–H groups in total. The first-order valence-corrected chi connectivity index (χ1v) is 7.88. The van der Waals surface area contributed by atoms with Crippen molar-refractivity contribution >= 4 is 23.4 Å². The largest absolute Gasteiger partial charge is 0.462 e. The van der Waals surface area contributed by atoms with E-state index in [0.29, 0.717) is 11.1 Å². The van der Waals surface area contributed by atoms with E-state index in [9.17, 15) is 4.79 Å². The molecule has 0 spiro atoms.